The van der Waals surface area contributed by atoms with Crippen molar-refractivity contribution in [1.82, 2.24) is 0 Å². The van der Waals surface area contributed by atoms with Crippen LogP contribution in [0.25, 0.3) is 0 Å². The van der Waals surface area contributed by atoms with Crippen LogP contribution in [0.15, 0.2) is 18.2 Å². The van der Waals surface area contributed by atoms with Gasteiger partial charge in [-0.25, -0.2) is 4.39 Å². The van der Waals surface area contributed by atoms with E-state index in [0.29, 0.717) is 0 Å². The first-order valence-corrected chi connectivity index (χ1v) is 5.02. The summed E-state index contributed by atoms with van der Waals surface area (Å²) >= 11 is 0. The van der Waals surface area contributed by atoms with Crippen molar-refractivity contribution in [3.63, 3.8) is 0 Å². The molecule has 0 radical (unpaired) electrons. The van der Waals surface area contributed by atoms with Crippen molar-refractivity contribution in [2.45, 2.75) is 38.9 Å². The summed E-state index contributed by atoms with van der Waals surface area (Å²) in [4.78, 5) is 0. The number of aryl methyl sites for hydroxylation is 1. The van der Waals surface area contributed by atoms with E-state index in [1.165, 1.54) is 11.1 Å². The Bertz CT molecular complexity index is 352. The summed E-state index contributed by atoms with van der Waals surface area (Å²) in [5, 5.41) is 3.23. The number of alkyl halides is 1. The normalized spacial score (nSPS) is 20.4. The van der Waals surface area contributed by atoms with Crippen LogP contribution in [0.3, 0.4) is 0 Å². The molecule has 1 aliphatic heterocycles. The lowest BCUT2D eigenvalue weighted by molar-refractivity contribution is 0.187. The van der Waals surface area contributed by atoms with E-state index in [1.54, 1.807) is 13.8 Å². The number of rotatable bonds is 1. The Hall–Kier alpha value is -1.05. The van der Waals surface area contributed by atoms with Crippen molar-refractivity contribution in [1.29, 1.82) is 0 Å². The van der Waals surface area contributed by atoms with Gasteiger partial charge in [-0.3, -0.25) is 0 Å². The molecule has 1 heterocycles. The lowest BCUT2D eigenvalue weighted by Crippen LogP contribution is -2.36. The van der Waals surface area contributed by atoms with Gasteiger partial charge in [-0.1, -0.05) is 17.7 Å². The van der Waals surface area contributed by atoms with Gasteiger partial charge in [0.05, 0.1) is 6.04 Å². The van der Waals surface area contributed by atoms with E-state index in [9.17, 15) is 4.39 Å². The maximum Gasteiger partial charge on any atom is 0.125 e. The number of anilines is 1. The Morgan fingerprint density at radius 3 is 2.79 bits per heavy atom. The summed E-state index contributed by atoms with van der Waals surface area (Å²) in [7, 11) is 0. The molecule has 1 atom stereocenters. The van der Waals surface area contributed by atoms with Gasteiger partial charge in [0.2, 0.25) is 0 Å². The molecule has 0 fully saturated rings. The average Bonchev–Trinajstić information content (AvgIpc) is 2.45. The molecular formula is C12H16FN. The molecule has 0 spiro atoms. The molecule has 0 amide bonds. The number of halogens is 1. The average molecular weight is 193 g/mol. The number of benzene rings is 1. The second kappa shape index (κ2) is 2.97. The van der Waals surface area contributed by atoms with Gasteiger partial charge in [-0.05, 0) is 38.8 Å². The zero-order chi connectivity index (χ0) is 10.3. The Morgan fingerprint density at radius 2 is 2.14 bits per heavy atom. The summed E-state index contributed by atoms with van der Waals surface area (Å²) in [5.41, 5.74) is 2.40. The molecule has 1 aliphatic rings. The van der Waals surface area contributed by atoms with Crippen LogP contribution in [-0.2, 0) is 6.42 Å². The minimum Gasteiger partial charge on any atom is -0.379 e. The molecule has 0 aromatic heterocycles. The Balaban J connectivity index is 2.26. The largest absolute Gasteiger partial charge is 0.379 e. The monoisotopic (exact) mass is 193 g/mol. The van der Waals surface area contributed by atoms with E-state index < -0.39 is 5.67 Å². The summed E-state index contributed by atoms with van der Waals surface area (Å²) < 4.78 is 13.7. The SMILES string of the molecule is Cc1ccc2c(c1)CC(C(C)(C)F)N2. The minimum absolute atomic E-state index is 0.0840. The highest BCUT2D eigenvalue weighted by molar-refractivity contribution is 5.58. The lowest BCUT2D eigenvalue weighted by atomic mass is 9.97. The molecule has 2 heteroatoms. The Labute approximate surface area is 84.3 Å². The first-order valence-electron chi connectivity index (χ1n) is 5.02. The number of hydrogen-bond donors (Lipinski definition) is 1. The first-order chi connectivity index (χ1) is 6.47. The van der Waals surface area contributed by atoms with Crippen LogP contribution >= 0.6 is 0 Å². The van der Waals surface area contributed by atoms with Crippen LogP contribution in [0.4, 0.5) is 10.1 Å². The van der Waals surface area contributed by atoms with Gasteiger partial charge in [0.1, 0.15) is 5.67 Å². The highest BCUT2D eigenvalue weighted by atomic mass is 19.1. The van der Waals surface area contributed by atoms with Gasteiger partial charge in [0.25, 0.3) is 0 Å². The Morgan fingerprint density at radius 1 is 1.43 bits per heavy atom. The van der Waals surface area contributed by atoms with Crippen LogP contribution in [-0.4, -0.2) is 11.7 Å². The standard InChI is InChI=1S/C12H16FN/c1-8-4-5-10-9(6-8)7-11(14-10)12(2,3)13/h4-6,11,14H,7H2,1-3H3. The number of fused-ring (bicyclic) bond motifs is 1. The molecule has 1 aromatic rings. The fraction of sp³-hybridized carbons (Fsp3) is 0.500. The molecule has 0 saturated carbocycles. The summed E-state index contributed by atoms with van der Waals surface area (Å²) in [6.07, 6.45) is 0.792. The molecule has 1 aromatic carbocycles. The third kappa shape index (κ3) is 1.61. The van der Waals surface area contributed by atoms with Crippen molar-refractivity contribution in [3.05, 3.63) is 29.3 Å². The molecule has 2 rings (SSSR count). The molecule has 1 nitrogen and oxygen atoms in total. The van der Waals surface area contributed by atoms with E-state index in [-0.39, 0.29) is 6.04 Å². The van der Waals surface area contributed by atoms with E-state index >= 15 is 0 Å². The van der Waals surface area contributed by atoms with Gasteiger partial charge in [-0.2, -0.15) is 0 Å². The van der Waals surface area contributed by atoms with Crippen LogP contribution in [0.5, 0.6) is 0 Å². The molecule has 0 bridgehead atoms. The third-order valence-corrected chi connectivity index (χ3v) is 2.84. The van der Waals surface area contributed by atoms with Crippen LogP contribution in [0.2, 0.25) is 0 Å². The minimum atomic E-state index is -1.16. The van der Waals surface area contributed by atoms with Crippen molar-refractivity contribution in [2.24, 2.45) is 0 Å². The summed E-state index contributed by atoms with van der Waals surface area (Å²) in [6.45, 7) is 5.32. The molecule has 1 N–H and O–H groups in total. The van der Waals surface area contributed by atoms with E-state index in [0.717, 1.165) is 12.1 Å². The molecular weight excluding hydrogens is 177 g/mol. The third-order valence-electron chi connectivity index (χ3n) is 2.84. The van der Waals surface area contributed by atoms with Gasteiger partial charge in [0, 0.05) is 5.69 Å². The van der Waals surface area contributed by atoms with E-state index in [4.69, 9.17) is 0 Å². The van der Waals surface area contributed by atoms with Crippen LogP contribution in [0, 0.1) is 6.92 Å². The molecule has 0 aliphatic carbocycles. The number of nitrogens with one attached hydrogen (secondary N) is 1. The van der Waals surface area contributed by atoms with E-state index in [2.05, 4.69) is 24.4 Å². The maximum atomic E-state index is 13.7. The molecule has 76 valence electrons. The topological polar surface area (TPSA) is 12.0 Å². The molecule has 0 saturated heterocycles. The molecule has 14 heavy (non-hydrogen) atoms. The zero-order valence-corrected chi connectivity index (χ0v) is 8.89. The van der Waals surface area contributed by atoms with Gasteiger partial charge < -0.3 is 5.32 Å². The van der Waals surface area contributed by atoms with Crippen LogP contribution < -0.4 is 5.32 Å². The van der Waals surface area contributed by atoms with Crippen molar-refractivity contribution < 1.29 is 4.39 Å². The predicted octanol–water partition coefficient (Wildman–Crippen LogP) is 3.08. The number of hydrogen-bond acceptors (Lipinski definition) is 1. The fourth-order valence-electron chi connectivity index (χ4n) is 1.91. The van der Waals surface area contributed by atoms with Crippen molar-refractivity contribution >= 4 is 5.69 Å². The summed E-state index contributed by atoms with van der Waals surface area (Å²) in [5.74, 6) is 0. The smallest absolute Gasteiger partial charge is 0.125 e. The van der Waals surface area contributed by atoms with Crippen molar-refractivity contribution in [2.75, 3.05) is 5.32 Å². The highest BCUT2D eigenvalue weighted by Gasteiger charge is 2.33. The van der Waals surface area contributed by atoms with Gasteiger partial charge >= 0.3 is 0 Å². The van der Waals surface area contributed by atoms with Crippen molar-refractivity contribution in [3.8, 4) is 0 Å². The molecule has 1 unspecified atom stereocenters. The first kappa shape index (κ1) is 9.50. The predicted molar refractivity (Wildman–Crippen MR) is 57.5 cm³/mol. The highest BCUT2D eigenvalue weighted by Crippen LogP contribution is 2.32. The quantitative estimate of drug-likeness (QED) is 0.722. The zero-order valence-electron chi connectivity index (χ0n) is 8.89. The summed E-state index contributed by atoms with van der Waals surface area (Å²) in [6, 6.07) is 6.14. The van der Waals surface area contributed by atoms with Gasteiger partial charge in [-0.15, -0.1) is 0 Å². The van der Waals surface area contributed by atoms with Gasteiger partial charge in [0.15, 0.2) is 0 Å². The maximum absolute atomic E-state index is 13.7. The second-order valence-corrected chi connectivity index (χ2v) is 4.63. The Kier molecular flexibility index (Phi) is 2.02. The lowest BCUT2D eigenvalue weighted by Gasteiger charge is -2.22. The van der Waals surface area contributed by atoms with E-state index in [1.807, 2.05) is 6.07 Å². The second-order valence-electron chi connectivity index (χ2n) is 4.63. The fourth-order valence-corrected chi connectivity index (χ4v) is 1.91. The van der Waals surface area contributed by atoms with Crippen LogP contribution in [0.1, 0.15) is 25.0 Å².